The van der Waals surface area contributed by atoms with E-state index in [1.54, 1.807) is 12.4 Å². The van der Waals surface area contributed by atoms with Crippen LogP contribution in [0.5, 0.6) is 0 Å². The zero-order valence-electron chi connectivity index (χ0n) is 16.7. The lowest BCUT2D eigenvalue weighted by Crippen LogP contribution is -2.46. The highest BCUT2D eigenvalue weighted by atomic mass is 16.2. The molecule has 4 rings (SSSR count). The molecule has 2 N–H and O–H groups in total. The van der Waals surface area contributed by atoms with Crippen LogP contribution in [-0.4, -0.2) is 59.4 Å². The van der Waals surface area contributed by atoms with Crippen molar-refractivity contribution in [3.05, 3.63) is 54.9 Å². The van der Waals surface area contributed by atoms with Crippen LogP contribution in [0.25, 0.3) is 0 Å². The van der Waals surface area contributed by atoms with Crippen LogP contribution in [0.4, 0.5) is 16.2 Å². The number of fused-ring (bicyclic) bond motifs is 1. The van der Waals surface area contributed by atoms with Crippen molar-refractivity contribution in [3.63, 3.8) is 0 Å². The smallest absolute Gasteiger partial charge is 0.321 e. The predicted molar refractivity (Wildman–Crippen MR) is 113 cm³/mol. The number of rotatable bonds is 3. The summed E-state index contributed by atoms with van der Waals surface area (Å²) in [4.78, 5) is 34.3. The third kappa shape index (κ3) is 3.96. The molecule has 0 radical (unpaired) electrons. The minimum absolute atomic E-state index is 0.0326. The molecule has 0 saturated carbocycles. The van der Waals surface area contributed by atoms with Crippen LogP contribution in [0, 0.1) is 5.41 Å². The molecule has 2 saturated heterocycles. The minimum Gasteiger partial charge on any atom is -0.324 e. The summed E-state index contributed by atoms with van der Waals surface area (Å²) in [5, 5.41) is 6.02. The van der Waals surface area contributed by atoms with E-state index in [1.165, 1.54) is 0 Å². The third-order valence-corrected chi connectivity index (χ3v) is 6.26. The number of nitrogens with zero attached hydrogens (tertiary/aromatic N) is 3. The average Bonchev–Trinajstić information content (AvgIpc) is 2.94. The Bertz CT molecular complexity index is 860. The van der Waals surface area contributed by atoms with Crippen molar-refractivity contribution in [2.24, 2.45) is 5.41 Å². The molecule has 1 aromatic carbocycles. The van der Waals surface area contributed by atoms with Gasteiger partial charge in [0.05, 0.1) is 17.3 Å². The van der Waals surface area contributed by atoms with Crippen molar-refractivity contribution in [2.45, 2.75) is 25.3 Å². The van der Waals surface area contributed by atoms with E-state index >= 15 is 0 Å². The molecule has 3 amide bonds. The van der Waals surface area contributed by atoms with Crippen LogP contribution in [0.2, 0.25) is 0 Å². The molecule has 1 aromatic heterocycles. The second-order valence-electron chi connectivity index (χ2n) is 7.92. The molecule has 2 aliphatic heterocycles. The van der Waals surface area contributed by atoms with Crippen molar-refractivity contribution < 1.29 is 9.59 Å². The molecule has 2 aliphatic rings. The monoisotopic (exact) mass is 393 g/mol. The first-order chi connectivity index (χ1) is 14.1. The van der Waals surface area contributed by atoms with Gasteiger partial charge < -0.3 is 20.4 Å². The maximum atomic E-state index is 13.4. The molecule has 7 heteroatoms. The van der Waals surface area contributed by atoms with Gasteiger partial charge >= 0.3 is 6.03 Å². The van der Waals surface area contributed by atoms with Crippen molar-refractivity contribution in [1.82, 2.24) is 14.8 Å². The lowest BCUT2D eigenvalue weighted by atomic mass is 9.75. The van der Waals surface area contributed by atoms with Gasteiger partial charge in [0.2, 0.25) is 5.91 Å². The van der Waals surface area contributed by atoms with Crippen LogP contribution in [-0.2, 0) is 4.79 Å². The fourth-order valence-electron chi connectivity index (χ4n) is 4.63. The first-order valence-electron chi connectivity index (χ1n) is 10.1. The Hall–Kier alpha value is -2.93. The molecule has 0 unspecified atom stereocenters. The molecule has 29 heavy (non-hydrogen) atoms. The Balaban J connectivity index is 1.49. The lowest BCUT2D eigenvalue weighted by molar-refractivity contribution is -0.127. The van der Waals surface area contributed by atoms with Crippen molar-refractivity contribution >= 4 is 23.3 Å². The second kappa shape index (κ2) is 8.21. The number of pyridine rings is 1. The Morgan fingerprint density at radius 2 is 1.76 bits per heavy atom. The molecule has 0 spiro atoms. The maximum Gasteiger partial charge on any atom is 0.321 e. The van der Waals surface area contributed by atoms with E-state index in [-0.39, 0.29) is 18.0 Å². The van der Waals surface area contributed by atoms with Crippen LogP contribution < -0.4 is 10.6 Å². The van der Waals surface area contributed by atoms with E-state index in [0.717, 1.165) is 25.1 Å². The standard InChI is InChI=1S/C22H27N5O2/c1-26-14-10-22(20(28)24-18-8-5-12-23-16-18)11-15-27(13-9-19(22)26)21(29)25-17-6-3-2-4-7-17/h2-8,12,16,19H,9-11,13-15H2,1H3,(H,24,28)(H,25,29)/t19-,22-/m1/s1. The molecule has 152 valence electrons. The van der Waals surface area contributed by atoms with E-state index in [4.69, 9.17) is 0 Å². The first-order valence-corrected chi connectivity index (χ1v) is 10.1. The highest BCUT2D eigenvalue weighted by molar-refractivity contribution is 5.96. The van der Waals surface area contributed by atoms with Gasteiger partial charge in [-0.1, -0.05) is 18.2 Å². The number of carbonyl (C=O) groups is 2. The number of hydrogen-bond acceptors (Lipinski definition) is 4. The Labute approximate surface area is 171 Å². The lowest BCUT2D eigenvalue weighted by Gasteiger charge is -2.34. The molecule has 0 aliphatic carbocycles. The third-order valence-electron chi connectivity index (χ3n) is 6.26. The maximum absolute atomic E-state index is 13.4. The van der Waals surface area contributed by atoms with E-state index in [0.29, 0.717) is 25.2 Å². The Kier molecular flexibility index (Phi) is 5.49. The summed E-state index contributed by atoms with van der Waals surface area (Å²) in [6, 6.07) is 13.1. The molecular formula is C22H27N5O2. The molecule has 2 aromatic rings. The minimum atomic E-state index is -0.494. The molecular weight excluding hydrogens is 366 g/mol. The van der Waals surface area contributed by atoms with Crippen LogP contribution >= 0.6 is 0 Å². The number of hydrogen-bond donors (Lipinski definition) is 2. The summed E-state index contributed by atoms with van der Waals surface area (Å²) in [6.45, 7) is 2.08. The zero-order valence-corrected chi connectivity index (χ0v) is 16.7. The fraction of sp³-hybridized carbons (Fsp3) is 0.409. The molecule has 2 atom stereocenters. The quantitative estimate of drug-likeness (QED) is 0.840. The number of benzene rings is 1. The second-order valence-corrected chi connectivity index (χ2v) is 7.92. The number of aromatic nitrogens is 1. The van der Waals surface area contributed by atoms with Crippen molar-refractivity contribution in [2.75, 3.05) is 37.3 Å². The normalized spacial score (nSPS) is 24.4. The van der Waals surface area contributed by atoms with Gasteiger partial charge in [-0.2, -0.15) is 0 Å². The van der Waals surface area contributed by atoms with Crippen molar-refractivity contribution in [1.29, 1.82) is 0 Å². The highest BCUT2D eigenvalue weighted by Crippen LogP contribution is 2.44. The van der Waals surface area contributed by atoms with E-state index < -0.39 is 5.41 Å². The van der Waals surface area contributed by atoms with Crippen LogP contribution in [0.15, 0.2) is 54.9 Å². The summed E-state index contributed by atoms with van der Waals surface area (Å²) in [7, 11) is 2.07. The number of likely N-dealkylation sites (tertiary alicyclic amines) is 2. The predicted octanol–water partition coefficient (Wildman–Crippen LogP) is 3.04. The Morgan fingerprint density at radius 3 is 2.52 bits per heavy atom. The number of urea groups is 1. The van der Waals surface area contributed by atoms with E-state index in [1.807, 2.05) is 47.4 Å². The number of para-hydroxylation sites is 1. The first kappa shape index (κ1) is 19.4. The van der Waals surface area contributed by atoms with Gasteiger partial charge in [-0.25, -0.2) is 4.79 Å². The van der Waals surface area contributed by atoms with E-state index in [9.17, 15) is 9.59 Å². The van der Waals surface area contributed by atoms with Gasteiger partial charge in [0.15, 0.2) is 0 Å². The van der Waals surface area contributed by atoms with Crippen molar-refractivity contribution in [3.8, 4) is 0 Å². The summed E-state index contributed by atoms with van der Waals surface area (Å²) in [6.07, 6.45) is 5.58. The van der Waals surface area contributed by atoms with Gasteiger partial charge in [-0.3, -0.25) is 9.78 Å². The average molecular weight is 393 g/mol. The largest absolute Gasteiger partial charge is 0.324 e. The molecule has 3 heterocycles. The van der Waals surface area contributed by atoms with E-state index in [2.05, 4.69) is 27.6 Å². The number of carbonyl (C=O) groups excluding carboxylic acids is 2. The highest BCUT2D eigenvalue weighted by Gasteiger charge is 2.52. The summed E-state index contributed by atoms with van der Waals surface area (Å²) >= 11 is 0. The number of anilines is 2. The summed E-state index contributed by atoms with van der Waals surface area (Å²) < 4.78 is 0. The zero-order chi connectivity index (χ0) is 20.3. The van der Waals surface area contributed by atoms with Gasteiger partial charge in [-0.15, -0.1) is 0 Å². The molecule has 0 bridgehead atoms. The van der Waals surface area contributed by atoms with Crippen LogP contribution in [0.1, 0.15) is 19.3 Å². The SMILES string of the molecule is CN1CC[C@@]2(C(=O)Nc3cccnc3)CCN(C(=O)Nc3ccccc3)CC[C@@H]12. The Morgan fingerprint density at radius 1 is 1.00 bits per heavy atom. The van der Waals surface area contributed by atoms with Gasteiger partial charge in [0.25, 0.3) is 0 Å². The molecule has 7 nitrogen and oxygen atoms in total. The molecule has 2 fully saturated rings. The summed E-state index contributed by atoms with van der Waals surface area (Å²) in [5.74, 6) is 0.0326. The fourth-order valence-corrected chi connectivity index (χ4v) is 4.63. The van der Waals surface area contributed by atoms with Gasteiger partial charge in [-0.05, 0) is 57.1 Å². The number of amides is 3. The summed E-state index contributed by atoms with van der Waals surface area (Å²) in [5.41, 5.74) is 0.998. The number of nitrogens with one attached hydrogen (secondary N) is 2. The van der Waals surface area contributed by atoms with Crippen LogP contribution in [0.3, 0.4) is 0 Å². The topological polar surface area (TPSA) is 77.6 Å². The van der Waals surface area contributed by atoms with Gasteiger partial charge in [0.1, 0.15) is 0 Å². The van der Waals surface area contributed by atoms with Gasteiger partial charge in [0, 0.05) is 31.0 Å².